The number of carbonyl (C=O) groups excluding carboxylic acids is 4. The average molecular weight is 700 g/mol. The van der Waals surface area contributed by atoms with Crippen molar-refractivity contribution in [2.75, 3.05) is 33.5 Å². The van der Waals surface area contributed by atoms with Crippen molar-refractivity contribution >= 4 is 35.8 Å². The molecule has 0 aliphatic heterocycles. The number of unbranched alkanes of at least 4 members (excludes halogenated alkanes) is 6. The molecule has 0 radical (unpaired) electrons. The van der Waals surface area contributed by atoms with Crippen LogP contribution in [0.1, 0.15) is 77.6 Å². The van der Waals surface area contributed by atoms with Gasteiger partial charge in [0.05, 0.1) is 50.4 Å². The molecule has 0 aliphatic rings. The van der Waals surface area contributed by atoms with E-state index >= 15 is 0 Å². The summed E-state index contributed by atoms with van der Waals surface area (Å²) in [5.41, 5.74) is 1.59. The van der Waals surface area contributed by atoms with Crippen LogP contribution in [-0.4, -0.2) is 63.6 Å². The summed E-state index contributed by atoms with van der Waals surface area (Å²) in [5.74, 6) is -0.524. The van der Waals surface area contributed by atoms with E-state index in [1.54, 1.807) is 42.6 Å². The van der Waals surface area contributed by atoms with Gasteiger partial charge in [0, 0.05) is 18.4 Å². The summed E-state index contributed by atoms with van der Waals surface area (Å²) < 4.78 is 32.0. The van der Waals surface area contributed by atoms with E-state index in [4.69, 9.17) is 28.4 Å². The molecule has 3 rings (SSSR count). The lowest BCUT2D eigenvalue weighted by molar-refractivity contribution is -0.138. The number of methoxy groups -OCH3 is 1. The molecule has 0 fully saturated rings. The second-order valence-electron chi connectivity index (χ2n) is 11.2. The van der Waals surface area contributed by atoms with Crippen molar-refractivity contribution in [3.8, 4) is 17.2 Å². The summed E-state index contributed by atoms with van der Waals surface area (Å²) in [5, 5.41) is 0. The van der Waals surface area contributed by atoms with Gasteiger partial charge in [-0.25, -0.2) is 19.2 Å². The minimum atomic E-state index is -0.626. The first-order chi connectivity index (χ1) is 24.8. The summed E-state index contributed by atoms with van der Waals surface area (Å²) in [7, 11) is 1.27. The van der Waals surface area contributed by atoms with E-state index in [1.165, 1.54) is 13.2 Å². The number of ether oxygens (including phenoxy) is 6. The Morgan fingerprint density at radius 1 is 0.608 bits per heavy atom. The van der Waals surface area contributed by atoms with Crippen LogP contribution in [-0.2, 0) is 23.8 Å². The number of benzene rings is 3. The summed E-state index contributed by atoms with van der Waals surface area (Å²) in [6, 6.07) is 18.5. The van der Waals surface area contributed by atoms with Gasteiger partial charge in [0.2, 0.25) is 0 Å². The zero-order chi connectivity index (χ0) is 36.7. The van der Waals surface area contributed by atoms with E-state index in [9.17, 15) is 19.2 Å². The first-order valence-corrected chi connectivity index (χ1v) is 16.9. The van der Waals surface area contributed by atoms with Gasteiger partial charge in [0.15, 0.2) is 0 Å². The summed E-state index contributed by atoms with van der Waals surface area (Å²) in [6.45, 7) is 8.59. The van der Waals surface area contributed by atoms with Gasteiger partial charge in [0.25, 0.3) is 0 Å². The van der Waals surface area contributed by atoms with Crippen molar-refractivity contribution in [3.63, 3.8) is 0 Å². The predicted octanol–water partition coefficient (Wildman–Crippen LogP) is 7.78. The van der Waals surface area contributed by atoms with E-state index in [1.807, 2.05) is 24.3 Å². The lowest BCUT2D eigenvalue weighted by Crippen LogP contribution is -2.09. The molecular formula is C40H45NO10. The number of hydrogen-bond donors (Lipinski definition) is 0. The zero-order valence-electron chi connectivity index (χ0n) is 29.0. The molecule has 0 saturated carbocycles. The molecule has 0 bridgehead atoms. The Bertz CT molecular complexity index is 1610. The first-order valence-electron chi connectivity index (χ1n) is 16.9. The van der Waals surface area contributed by atoms with Crippen LogP contribution in [0.25, 0.3) is 0 Å². The van der Waals surface area contributed by atoms with E-state index in [2.05, 4.69) is 18.2 Å². The van der Waals surface area contributed by atoms with Crippen LogP contribution in [0.5, 0.6) is 17.2 Å². The largest absolute Gasteiger partial charge is 0.494 e. The monoisotopic (exact) mass is 699 g/mol. The number of rotatable bonds is 23. The number of carbonyl (C=O) groups is 4. The molecule has 0 amide bonds. The minimum absolute atomic E-state index is 0.138. The second-order valence-corrected chi connectivity index (χ2v) is 11.2. The summed E-state index contributed by atoms with van der Waals surface area (Å²) in [4.78, 5) is 51.9. The van der Waals surface area contributed by atoms with Crippen LogP contribution < -0.4 is 14.2 Å². The van der Waals surface area contributed by atoms with Crippen molar-refractivity contribution < 1.29 is 47.6 Å². The molecule has 0 saturated heterocycles. The molecule has 0 N–H and O–H groups in total. The van der Waals surface area contributed by atoms with Crippen LogP contribution >= 0.6 is 0 Å². The highest BCUT2D eigenvalue weighted by Gasteiger charge is 2.16. The molecular weight excluding hydrogens is 654 g/mol. The van der Waals surface area contributed by atoms with E-state index < -0.39 is 23.9 Å². The van der Waals surface area contributed by atoms with Gasteiger partial charge >= 0.3 is 23.9 Å². The molecule has 0 atom stereocenters. The molecule has 51 heavy (non-hydrogen) atoms. The Morgan fingerprint density at radius 3 is 1.61 bits per heavy atom. The number of aliphatic imine (C=N–C) groups is 1. The average Bonchev–Trinajstić information content (AvgIpc) is 3.16. The highest BCUT2D eigenvalue weighted by molar-refractivity contribution is 5.97. The quantitative estimate of drug-likeness (QED) is 0.0241. The maximum Gasteiger partial charge on any atom is 0.343 e. The van der Waals surface area contributed by atoms with Gasteiger partial charge in [-0.1, -0.05) is 13.2 Å². The minimum Gasteiger partial charge on any atom is -0.494 e. The highest BCUT2D eigenvalue weighted by atomic mass is 16.5. The van der Waals surface area contributed by atoms with Crippen LogP contribution in [0.15, 0.2) is 97.0 Å². The molecule has 0 spiro atoms. The lowest BCUT2D eigenvalue weighted by atomic mass is 10.1. The topological polar surface area (TPSA) is 136 Å². The lowest BCUT2D eigenvalue weighted by Gasteiger charge is -2.10. The molecule has 0 aliphatic carbocycles. The second kappa shape index (κ2) is 22.8. The van der Waals surface area contributed by atoms with Crippen molar-refractivity contribution in [2.45, 2.75) is 51.4 Å². The van der Waals surface area contributed by atoms with E-state index in [0.717, 1.165) is 74.8 Å². The molecule has 270 valence electrons. The summed E-state index contributed by atoms with van der Waals surface area (Å²) in [6.07, 6.45) is 11.0. The Labute approximate surface area is 298 Å². The maximum atomic E-state index is 12.8. The number of nitrogens with zero attached hydrogens (tertiary/aromatic N) is 1. The predicted molar refractivity (Wildman–Crippen MR) is 193 cm³/mol. The van der Waals surface area contributed by atoms with Crippen LogP contribution in [0.2, 0.25) is 0 Å². The fraction of sp³-hybridized carbons (Fsp3) is 0.325. The van der Waals surface area contributed by atoms with Gasteiger partial charge in [-0.05, 0) is 124 Å². The fourth-order valence-electron chi connectivity index (χ4n) is 4.57. The molecule has 0 heterocycles. The van der Waals surface area contributed by atoms with E-state index in [-0.39, 0.29) is 11.3 Å². The molecule has 3 aromatic carbocycles. The normalized spacial score (nSPS) is 10.6. The smallest absolute Gasteiger partial charge is 0.343 e. The standard InChI is InChI=1S/C40H45NO10/c1-4-37(42)49-26-12-8-6-10-24-47-32-18-14-30(15-19-32)29-41-36-23-22-34(28-35(36)40(45)46-3)51-39(44)31-16-20-33(21-17-31)48-25-11-7-9-13-27-50-38(43)5-2/h4-5,14-23,28-29H,1-2,6-13,24-27H2,3H3. The third-order valence-corrected chi connectivity index (χ3v) is 7.34. The van der Waals surface area contributed by atoms with E-state index in [0.29, 0.717) is 43.4 Å². The third-order valence-electron chi connectivity index (χ3n) is 7.34. The fourth-order valence-corrected chi connectivity index (χ4v) is 4.57. The number of hydrogen-bond acceptors (Lipinski definition) is 11. The Morgan fingerprint density at radius 2 is 1.10 bits per heavy atom. The van der Waals surface area contributed by atoms with Gasteiger partial charge in [-0.2, -0.15) is 0 Å². The molecule has 0 unspecified atom stereocenters. The van der Waals surface area contributed by atoms with Crippen LogP contribution in [0.4, 0.5) is 5.69 Å². The van der Waals surface area contributed by atoms with Crippen molar-refractivity contribution in [1.29, 1.82) is 0 Å². The Balaban J connectivity index is 1.45. The summed E-state index contributed by atoms with van der Waals surface area (Å²) >= 11 is 0. The van der Waals surface area contributed by atoms with Crippen LogP contribution in [0, 0.1) is 0 Å². The highest BCUT2D eigenvalue weighted by Crippen LogP contribution is 2.27. The maximum absolute atomic E-state index is 12.8. The van der Waals surface area contributed by atoms with Crippen LogP contribution in [0.3, 0.4) is 0 Å². The van der Waals surface area contributed by atoms with Crippen molar-refractivity contribution in [2.24, 2.45) is 4.99 Å². The molecule has 3 aromatic rings. The molecule has 11 nitrogen and oxygen atoms in total. The van der Waals surface area contributed by atoms with Gasteiger partial charge in [-0.3, -0.25) is 4.99 Å². The Kier molecular flexibility index (Phi) is 17.8. The van der Waals surface area contributed by atoms with Gasteiger partial charge < -0.3 is 28.4 Å². The first kappa shape index (κ1) is 39.7. The van der Waals surface area contributed by atoms with Crippen molar-refractivity contribution in [1.82, 2.24) is 0 Å². The SMILES string of the molecule is C=CC(=O)OCCCCCCOc1ccc(C=Nc2ccc(OC(=O)c3ccc(OCCCCCCOC(=O)C=C)cc3)cc2C(=O)OC)cc1. The van der Waals surface area contributed by atoms with Gasteiger partial charge in [-0.15, -0.1) is 0 Å². The zero-order valence-corrected chi connectivity index (χ0v) is 29.0. The molecule has 0 aromatic heterocycles. The van der Waals surface area contributed by atoms with Crippen molar-refractivity contribution in [3.05, 3.63) is 109 Å². The Hall–Kier alpha value is -5.71. The number of esters is 4. The molecule has 11 heteroatoms. The van der Waals surface area contributed by atoms with Gasteiger partial charge in [0.1, 0.15) is 17.2 Å². The third kappa shape index (κ3) is 15.2.